The number of aryl methyl sites for hydroxylation is 6. The van der Waals surface area contributed by atoms with Gasteiger partial charge in [0.2, 0.25) is 33.3 Å². The van der Waals surface area contributed by atoms with Crippen molar-refractivity contribution in [1.82, 2.24) is 49.7 Å². The third-order valence-electron chi connectivity index (χ3n) is 18.1. The zero-order valence-corrected chi connectivity index (χ0v) is 76.4. The number of benzene rings is 6. The molecule has 0 bridgehead atoms. The number of carbonyl (C=O) groups excluding carboxylic acids is 8. The van der Waals surface area contributed by atoms with Gasteiger partial charge in [0.25, 0.3) is 11.8 Å². The highest BCUT2D eigenvalue weighted by molar-refractivity contribution is 7.98. The molecule has 33 heteroatoms. The highest BCUT2D eigenvalue weighted by Crippen LogP contribution is 2.31. The predicted octanol–water partition coefficient (Wildman–Crippen LogP) is 14.6. The van der Waals surface area contributed by atoms with Crippen molar-refractivity contribution in [3.05, 3.63) is 177 Å². The molecule has 2 unspecified atom stereocenters. The number of pyridine rings is 1. The molecule has 6 aromatic carbocycles. The summed E-state index contributed by atoms with van der Waals surface area (Å²) in [5, 5.41) is 26.5. The quantitative estimate of drug-likeness (QED) is 0.0165. The monoisotopic (exact) mass is 1710 g/mol. The lowest BCUT2D eigenvalue weighted by Gasteiger charge is -2.30. The average molecular weight is 1720 g/mol. The smallest absolute Gasteiger partial charge is 0.410 e. The van der Waals surface area contributed by atoms with Crippen LogP contribution in [-0.2, 0) is 83.5 Å². The van der Waals surface area contributed by atoms with Crippen molar-refractivity contribution in [2.75, 3.05) is 109 Å². The van der Waals surface area contributed by atoms with E-state index >= 15 is 0 Å². The van der Waals surface area contributed by atoms with Crippen molar-refractivity contribution in [1.29, 1.82) is 0 Å². The minimum Gasteiger partial charge on any atom is -0.495 e. The fraction of sp³-hybridized carbons (Fsp3) is 0.443. The summed E-state index contributed by atoms with van der Waals surface area (Å²) in [6, 6.07) is 36.6. The molecule has 3 aromatic heterocycles. The first kappa shape index (κ1) is 105. The summed E-state index contributed by atoms with van der Waals surface area (Å²) < 4.78 is 58.7. The molecule has 2 atom stereocenters. The molecule has 0 radical (unpaired) electrons. The minimum absolute atomic E-state index is 0.0487. The Bertz CT molecular complexity index is 4970. The Hall–Kier alpha value is -11.7. The number of ether oxygens (including phenoxy) is 6. The van der Waals surface area contributed by atoms with Crippen molar-refractivity contribution >= 4 is 114 Å². The van der Waals surface area contributed by atoms with E-state index in [-0.39, 0.29) is 47.4 Å². The van der Waals surface area contributed by atoms with Gasteiger partial charge in [-0.2, -0.15) is 0 Å². The lowest BCUT2D eigenvalue weighted by molar-refractivity contribution is -0.141. The largest absolute Gasteiger partial charge is 0.495 e. The number of hydrogen-bond donors (Lipinski definition) is 5. The third kappa shape index (κ3) is 38.1. The molecule has 0 saturated heterocycles. The fourth-order valence-electron chi connectivity index (χ4n) is 11.1. The zero-order valence-electron chi connectivity index (χ0n) is 74.8. The number of rotatable bonds is 29. The molecule has 0 fully saturated rings. The standard InChI is InChI=1S/C23H38N2O2S.C11H14N2O3.C10H13N3O.C10H15NO3S.C10H13NO2.C9H9N3O.C8H11NO.C7H13NO4/c1-7-10-11-19(9-3)16-25(15-17(4)8-2)23(27)20-12-13-22(28-6)21(14-20)24-18(5)26;1-7(14)13-9-6-8(11(15)12-2)4-5-10(9)16-3;1-3-8-4-5-10-9(6-8)11-12-13(10)7-14-2;1-4-8-5-6-10(14-2)9(7-8)11-15(3,12)13;1-7-4-5-9(11-8(2)12)10(6-7)13-3;1-6(13)7-3-4-9-8(5-7)10-11-12(9)2;1-3-7-4-5-8(10)9(2)6-7;1-4-8(7(10)12-3)5-6(9)11-2/h12-14,17,19H,7-11,15-16H2,1-6H3,(H,24,26);4-6H,1-3H3,(H,12,15)(H,13,14);4-6H,3,7H2,1-2H3;5-7,11H,4H2,1-3H3;4-6H,1-3H3,(H,11,12);3-5H,1-2H3;4-6H,3H2,1-2H3;4-5H2,1-3H3. The van der Waals surface area contributed by atoms with E-state index in [1.54, 1.807) is 109 Å². The summed E-state index contributed by atoms with van der Waals surface area (Å²) in [6.07, 6.45) is 13.0. The number of fused-ring (bicyclic) bond motifs is 2. The van der Waals surface area contributed by atoms with Crippen molar-refractivity contribution in [2.24, 2.45) is 25.9 Å². The van der Waals surface area contributed by atoms with Crippen LogP contribution in [0.4, 0.5) is 27.5 Å². The Morgan fingerprint density at radius 3 is 1.66 bits per heavy atom. The van der Waals surface area contributed by atoms with Crippen LogP contribution in [0.25, 0.3) is 22.1 Å². The number of thioether (sulfide) groups is 1. The van der Waals surface area contributed by atoms with Crippen molar-refractivity contribution in [2.45, 2.75) is 153 Å². The average Bonchev–Trinajstić information content (AvgIpc) is 1.65. The van der Waals surface area contributed by atoms with Crippen LogP contribution in [0.1, 0.15) is 169 Å². The van der Waals surface area contributed by atoms with Gasteiger partial charge >= 0.3 is 12.1 Å². The summed E-state index contributed by atoms with van der Waals surface area (Å²) in [5.74, 6) is 1.74. The SMILES string of the molecule is CC(=O)c1ccc2c(c1)nnn2C.CCCCC(CC)CN(CC(C)CC)C(=O)c1ccc(SC)c(NC(C)=O)c1.CCN(CC(=O)OC)C(=O)OC.CCc1ccc(=O)n(C)c1.CCc1ccc(OC)c(NS(C)(=O)=O)c1.CCc1ccc2c(c1)nnn2COC.CNC(=O)c1ccc(OC)c(NC(C)=O)c1.COc1cc(C)ccc1NC(C)=O. The number of carbonyl (C=O) groups is 8. The second-order valence-electron chi connectivity index (χ2n) is 27.6. The maximum Gasteiger partial charge on any atom is 0.410 e. The topological polar surface area (TPSA) is 376 Å². The summed E-state index contributed by atoms with van der Waals surface area (Å²) in [4.78, 5) is 106. The molecule has 0 aliphatic rings. The number of nitrogens with zero attached hydrogens (tertiary/aromatic N) is 9. The van der Waals surface area contributed by atoms with Gasteiger partial charge in [-0.3, -0.25) is 48.0 Å². The summed E-state index contributed by atoms with van der Waals surface area (Å²) >= 11 is 1.56. The molecule has 31 nitrogen and oxygen atoms in total. The van der Waals surface area contributed by atoms with Gasteiger partial charge in [0.15, 0.2) is 5.78 Å². The van der Waals surface area contributed by atoms with Crippen LogP contribution in [0.3, 0.4) is 0 Å². The van der Waals surface area contributed by atoms with Crippen LogP contribution < -0.4 is 45.8 Å². The second kappa shape index (κ2) is 55.9. The molecule has 9 rings (SSSR count). The number of unbranched alkanes of at least 4 members (excludes halogenated alkanes) is 1. The van der Waals surface area contributed by atoms with E-state index in [0.29, 0.717) is 81.8 Å². The predicted molar refractivity (Wildman–Crippen MR) is 480 cm³/mol. The van der Waals surface area contributed by atoms with Gasteiger partial charge in [0, 0.05) is 103 Å². The van der Waals surface area contributed by atoms with Gasteiger partial charge in [-0.25, -0.2) is 22.6 Å². The van der Waals surface area contributed by atoms with Crippen molar-refractivity contribution < 1.29 is 75.2 Å². The van der Waals surface area contributed by atoms with Gasteiger partial charge < -0.3 is 59.2 Å². The van der Waals surface area contributed by atoms with E-state index < -0.39 is 22.1 Å². The number of hydrogen-bond acceptors (Lipinski definition) is 22. The number of anilines is 4. The maximum absolute atomic E-state index is 13.4. The van der Waals surface area contributed by atoms with Crippen LogP contribution in [-0.4, -0.2) is 189 Å². The summed E-state index contributed by atoms with van der Waals surface area (Å²) in [6.45, 7) is 27.0. The summed E-state index contributed by atoms with van der Waals surface area (Å²) in [5.41, 5.74) is 12.5. The number of sulfonamides is 1. The molecule has 0 saturated carbocycles. The van der Waals surface area contributed by atoms with E-state index in [0.717, 1.165) is 89.5 Å². The van der Waals surface area contributed by atoms with Gasteiger partial charge in [0.1, 0.15) is 41.6 Å². The molecule has 6 amide bonds. The Balaban J connectivity index is 0.000000478. The van der Waals surface area contributed by atoms with E-state index in [9.17, 15) is 51.6 Å². The number of nitrogens with one attached hydrogen (secondary N) is 5. The maximum atomic E-state index is 13.4. The molecule has 0 aliphatic carbocycles. The number of esters is 1. The Morgan fingerprint density at radius 1 is 0.570 bits per heavy atom. The van der Waals surface area contributed by atoms with Crippen LogP contribution in [0.15, 0.2) is 137 Å². The van der Waals surface area contributed by atoms with Crippen LogP contribution >= 0.6 is 11.8 Å². The van der Waals surface area contributed by atoms with Crippen molar-refractivity contribution in [3.63, 3.8) is 0 Å². The third-order valence-corrected chi connectivity index (χ3v) is 19.5. The molecular formula is C88H126N14O17S2. The molecule has 0 spiro atoms. The van der Waals surface area contributed by atoms with Gasteiger partial charge in [-0.1, -0.05) is 109 Å². The Morgan fingerprint density at radius 2 is 1.12 bits per heavy atom. The Labute approximate surface area is 717 Å². The number of aromatic nitrogens is 7. The van der Waals surface area contributed by atoms with Crippen LogP contribution in [0.5, 0.6) is 17.2 Å². The van der Waals surface area contributed by atoms with Crippen molar-refractivity contribution in [3.8, 4) is 17.2 Å². The number of likely N-dealkylation sites (N-methyl/N-ethyl adjacent to an activating group) is 1. The first-order valence-corrected chi connectivity index (χ1v) is 42.7. The van der Waals surface area contributed by atoms with Crippen LogP contribution in [0, 0.1) is 18.8 Å². The number of methoxy groups -OCH3 is 6. The van der Waals surface area contributed by atoms with Crippen LogP contribution in [0.2, 0.25) is 0 Å². The Kier molecular flexibility index (Phi) is 48.7. The first-order chi connectivity index (χ1) is 57.4. The lowest BCUT2D eigenvalue weighted by Crippen LogP contribution is -2.38. The van der Waals surface area contributed by atoms with E-state index in [1.165, 1.54) is 91.4 Å². The molecule has 121 heavy (non-hydrogen) atoms. The molecule has 0 aliphatic heterocycles. The second-order valence-corrected chi connectivity index (χ2v) is 30.2. The normalized spacial score (nSPS) is 10.8. The fourth-order valence-corrected chi connectivity index (χ4v) is 12.2. The first-order valence-electron chi connectivity index (χ1n) is 39.6. The van der Waals surface area contributed by atoms with Gasteiger partial charge in [-0.15, -0.1) is 22.0 Å². The molecule has 5 N–H and O–H groups in total. The van der Waals surface area contributed by atoms with Gasteiger partial charge in [0.05, 0.1) is 75.6 Å². The minimum atomic E-state index is -3.26. The highest BCUT2D eigenvalue weighted by Gasteiger charge is 2.23. The lowest BCUT2D eigenvalue weighted by atomic mass is 9.97. The number of ketones is 1. The molecule has 662 valence electrons. The number of Topliss-reactive ketones (excluding diaryl/α,β-unsaturated/α-hetero) is 1. The van der Waals surface area contributed by atoms with Gasteiger partial charge in [-0.05, 0) is 178 Å². The highest BCUT2D eigenvalue weighted by atomic mass is 32.2. The molecule has 9 aromatic rings. The summed E-state index contributed by atoms with van der Waals surface area (Å²) in [7, 11) is 10.6. The number of amides is 6. The van der Waals surface area contributed by atoms with E-state index in [1.807, 2.05) is 98.9 Å². The zero-order chi connectivity index (χ0) is 91.1. The van der Waals surface area contributed by atoms with E-state index in [4.69, 9.17) is 18.9 Å². The molecule has 3 heterocycles. The van der Waals surface area contributed by atoms with E-state index in [2.05, 4.69) is 110 Å². The molecular weight excluding hydrogens is 1590 g/mol.